The Hall–Kier alpha value is -1.84. The fourth-order valence-electron chi connectivity index (χ4n) is 4.97. The van der Waals surface area contributed by atoms with Crippen molar-refractivity contribution in [2.75, 3.05) is 0 Å². The van der Waals surface area contributed by atoms with Gasteiger partial charge in [0.15, 0.2) is 11.6 Å². The molecular formula is C26H32F4. The molecule has 1 saturated carbocycles. The van der Waals surface area contributed by atoms with E-state index in [4.69, 9.17) is 0 Å². The molecule has 1 fully saturated rings. The van der Waals surface area contributed by atoms with E-state index in [1.54, 1.807) is 0 Å². The second-order valence-corrected chi connectivity index (χ2v) is 9.04. The van der Waals surface area contributed by atoms with Crippen LogP contribution in [0.3, 0.4) is 0 Å². The normalized spacial score (nSPS) is 20.3. The molecule has 2 aromatic rings. The van der Waals surface area contributed by atoms with Crippen LogP contribution in [0, 0.1) is 41.0 Å². The van der Waals surface area contributed by atoms with Gasteiger partial charge < -0.3 is 0 Å². The Kier molecular flexibility index (Phi) is 7.96. The van der Waals surface area contributed by atoms with Crippen LogP contribution in [0.15, 0.2) is 30.3 Å². The van der Waals surface area contributed by atoms with Gasteiger partial charge in [-0.25, -0.2) is 17.6 Å². The monoisotopic (exact) mass is 420 g/mol. The van der Waals surface area contributed by atoms with E-state index >= 15 is 0 Å². The average molecular weight is 421 g/mol. The first kappa shape index (κ1) is 22.8. The van der Waals surface area contributed by atoms with Crippen molar-refractivity contribution < 1.29 is 17.6 Å². The van der Waals surface area contributed by atoms with Gasteiger partial charge >= 0.3 is 0 Å². The molecule has 0 aliphatic heterocycles. The standard InChI is InChI=1S/C26H32F4/c1-3-4-18-5-9-21(10-6-18)17(2)13-20-15-24(28)22(25(29)16-20)11-7-19-8-12-23(27)26(30)14-19/h8,12,14-18,21H,3-7,9-11,13H2,1-2H3. The first-order chi connectivity index (χ1) is 14.4. The highest BCUT2D eigenvalue weighted by Gasteiger charge is 2.25. The first-order valence-corrected chi connectivity index (χ1v) is 11.3. The molecule has 0 saturated heterocycles. The van der Waals surface area contributed by atoms with E-state index in [9.17, 15) is 17.6 Å². The number of aryl methyl sites for hydroxylation is 1. The van der Waals surface area contributed by atoms with Gasteiger partial charge in [-0.05, 0) is 85.3 Å². The topological polar surface area (TPSA) is 0 Å². The predicted octanol–water partition coefficient (Wildman–Crippen LogP) is 7.81. The maximum Gasteiger partial charge on any atom is 0.159 e. The maximum absolute atomic E-state index is 14.6. The number of hydrogen-bond donors (Lipinski definition) is 0. The molecule has 30 heavy (non-hydrogen) atoms. The highest BCUT2D eigenvalue weighted by molar-refractivity contribution is 5.28. The molecule has 1 unspecified atom stereocenters. The van der Waals surface area contributed by atoms with E-state index in [1.807, 2.05) is 0 Å². The number of benzene rings is 2. The Morgan fingerprint density at radius 3 is 2.03 bits per heavy atom. The van der Waals surface area contributed by atoms with Gasteiger partial charge in [-0.3, -0.25) is 0 Å². The van der Waals surface area contributed by atoms with E-state index in [0.29, 0.717) is 29.4 Å². The van der Waals surface area contributed by atoms with Crippen molar-refractivity contribution in [2.24, 2.45) is 17.8 Å². The molecule has 164 valence electrons. The third-order valence-electron chi connectivity index (χ3n) is 6.80. The summed E-state index contributed by atoms with van der Waals surface area (Å²) in [5.41, 5.74) is 1.23. The van der Waals surface area contributed by atoms with Crippen molar-refractivity contribution in [2.45, 2.75) is 71.6 Å². The van der Waals surface area contributed by atoms with Gasteiger partial charge in [-0.2, -0.15) is 0 Å². The zero-order chi connectivity index (χ0) is 21.7. The van der Waals surface area contributed by atoms with Crippen LogP contribution in [0.1, 0.15) is 69.1 Å². The molecule has 1 atom stereocenters. The summed E-state index contributed by atoms with van der Waals surface area (Å²) < 4.78 is 55.6. The summed E-state index contributed by atoms with van der Waals surface area (Å²) in [6.45, 7) is 4.43. The summed E-state index contributed by atoms with van der Waals surface area (Å²) in [6, 6.07) is 6.46. The number of hydrogen-bond acceptors (Lipinski definition) is 0. The van der Waals surface area contributed by atoms with Crippen LogP contribution in [0.5, 0.6) is 0 Å². The Morgan fingerprint density at radius 1 is 0.800 bits per heavy atom. The first-order valence-electron chi connectivity index (χ1n) is 11.3. The van der Waals surface area contributed by atoms with Crippen molar-refractivity contribution >= 4 is 0 Å². The molecule has 1 aliphatic rings. The van der Waals surface area contributed by atoms with Gasteiger partial charge in [-0.1, -0.05) is 45.6 Å². The molecule has 2 aromatic carbocycles. The number of halogens is 4. The van der Waals surface area contributed by atoms with Crippen LogP contribution in [-0.4, -0.2) is 0 Å². The minimum Gasteiger partial charge on any atom is -0.207 e. The molecule has 0 aromatic heterocycles. The van der Waals surface area contributed by atoms with Crippen LogP contribution in [-0.2, 0) is 19.3 Å². The van der Waals surface area contributed by atoms with Crippen LogP contribution in [0.4, 0.5) is 17.6 Å². The molecule has 3 rings (SSSR count). The van der Waals surface area contributed by atoms with Crippen LogP contribution in [0.25, 0.3) is 0 Å². The van der Waals surface area contributed by atoms with Crippen molar-refractivity contribution in [3.63, 3.8) is 0 Å². The SMILES string of the molecule is CCCC1CCC(C(C)Cc2cc(F)c(CCc3ccc(F)c(F)c3)c(F)c2)CC1. The molecule has 0 amide bonds. The van der Waals surface area contributed by atoms with E-state index in [0.717, 1.165) is 18.1 Å². The zero-order valence-corrected chi connectivity index (χ0v) is 18.0. The molecule has 0 bridgehead atoms. The summed E-state index contributed by atoms with van der Waals surface area (Å²) >= 11 is 0. The third kappa shape index (κ3) is 5.86. The summed E-state index contributed by atoms with van der Waals surface area (Å²) in [7, 11) is 0. The fraction of sp³-hybridized carbons (Fsp3) is 0.538. The highest BCUT2D eigenvalue weighted by Crippen LogP contribution is 2.36. The molecule has 4 heteroatoms. The van der Waals surface area contributed by atoms with Crippen LogP contribution < -0.4 is 0 Å². The fourth-order valence-corrected chi connectivity index (χ4v) is 4.97. The Morgan fingerprint density at radius 2 is 1.43 bits per heavy atom. The van der Waals surface area contributed by atoms with Crippen LogP contribution >= 0.6 is 0 Å². The quantitative estimate of drug-likeness (QED) is 0.382. The lowest BCUT2D eigenvalue weighted by Crippen LogP contribution is -2.21. The lowest BCUT2D eigenvalue weighted by molar-refractivity contribution is 0.206. The summed E-state index contributed by atoms with van der Waals surface area (Å²) in [4.78, 5) is 0. The van der Waals surface area contributed by atoms with E-state index in [-0.39, 0.29) is 18.4 Å². The molecule has 0 spiro atoms. The largest absolute Gasteiger partial charge is 0.207 e. The lowest BCUT2D eigenvalue weighted by Gasteiger charge is -2.32. The molecule has 0 nitrogen and oxygen atoms in total. The highest BCUT2D eigenvalue weighted by atomic mass is 19.2. The van der Waals surface area contributed by atoms with Gasteiger partial charge in [0.25, 0.3) is 0 Å². The predicted molar refractivity (Wildman–Crippen MR) is 113 cm³/mol. The molecule has 1 aliphatic carbocycles. The van der Waals surface area contributed by atoms with Gasteiger partial charge in [0.1, 0.15) is 11.6 Å². The van der Waals surface area contributed by atoms with Gasteiger partial charge in [0, 0.05) is 5.56 Å². The molecule has 0 N–H and O–H groups in total. The Balaban J connectivity index is 1.59. The van der Waals surface area contributed by atoms with E-state index in [1.165, 1.54) is 56.7 Å². The van der Waals surface area contributed by atoms with E-state index in [2.05, 4.69) is 13.8 Å². The third-order valence-corrected chi connectivity index (χ3v) is 6.80. The summed E-state index contributed by atoms with van der Waals surface area (Å²) in [5, 5.41) is 0. The van der Waals surface area contributed by atoms with Crippen molar-refractivity contribution in [1.29, 1.82) is 0 Å². The summed E-state index contributed by atoms with van der Waals surface area (Å²) in [6.07, 6.45) is 8.56. The smallest absolute Gasteiger partial charge is 0.159 e. The zero-order valence-electron chi connectivity index (χ0n) is 18.0. The molecule has 0 heterocycles. The van der Waals surface area contributed by atoms with Crippen molar-refractivity contribution in [3.05, 3.63) is 70.3 Å². The second kappa shape index (κ2) is 10.5. The Bertz CT molecular complexity index is 814. The Labute approximate surface area is 177 Å². The molecule has 0 radical (unpaired) electrons. The van der Waals surface area contributed by atoms with Crippen LogP contribution in [0.2, 0.25) is 0 Å². The second-order valence-electron chi connectivity index (χ2n) is 9.04. The van der Waals surface area contributed by atoms with Gasteiger partial charge in [0.2, 0.25) is 0 Å². The minimum atomic E-state index is -0.943. The van der Waals surface area contributed by atoms with E-state index < -0.39 is 23.3 Å². The average Bonchev–Trinajstić information content (AvgIpc) is 2.70. The van der Waals surface area contributed by atoms with Crippen molar-refractivity contribution in [3.8, 4) is 0 Å². The number of rotatable bonds is 8. The van der Waals surface area contributed by atoms with Gasteiger partial charge in [-0.15, -0.1) is 0 Å². The maximum atomic E-state index is 14.6. The summed E-state index contributed by atoms with van der Waals surface area (Å²) in [5.74, 6) is -1.09. The van der Waals surface area contributed by atoms with Gasteiger partial charge in [0.05, 0.1) is 0 Å². The minimum absolute atomic E-state index is 0.0104. The van der Waals surface area contributed by atoms with Crippen molar-refractivity contribution in [1.82, 2.24) is 0 Å². The lowest BCUT2D eigenvalue weighted by atomic mass is 9.73. The molecular weight excluding hydrogens is 388 g/mol.